The van der Waals surface area contributed by atoms with Gasteiger partial charge in [-0.1, -0.05) is 25.6 Å². The zero-order chi connectivity index (χ0) is 12.1. The van der Waals surface area contributed by atoms with E-state index in [1.165, 1.54) is 13.8 Å². The van der Waals surface area contributed by atoms with Crippen LogP contribution < -0.4 is 51.4 Å². The topological polar surface area (TPSA) is 40.5 Å². The molecule has 2 nitrogen and oxygen atoms in total. The van der Waals surface area contributed by atoms with Crippen LogP contribution in [0.3, 0.4) is 0 Å². The maximum atomic E-state index is 11.8. The van der Waals surface area contributed by atoms with Gasteiger partial charge in [0, 0.05) is 0 Å². The first-order valence-corrected chi connectivity index (χ1v) is 5.24. The molecule has 0 spiro atoms. The average Bonchev–Trinajstić information content (AvgIpc) is 1.99. The number of aliphatic hydroxyl groups excluding tert-OH is 1. The summed E-state index contributed by atoms with van der Waals surface area (Å²) in [6, 6.07) is 0. The summed E-state index contributed by atoms with van der Waals surface area (Å²) in [4.78, 5) is 0. The van der Waals surface area contributed by atoms with Gasteiger partial charge in [-0.15, -0.1) is 0 Å². The SMILES string of the molecule is CC(C)(O)C(O)CCCCC[B-](F)(F)F.[K+]. The van der Waals surface area contributed by atoms with Crippen LogP contribution in [0.4, 0.5) is 12.9 Å². The Balaban J connectivity index is 0. The van der Waals surface area contributed by atoms with Crippen molar-refractivity contribution >= 4 is 6.98 Å². The minimum Gasteiger partial charge on any atom is -0.449 e. The fourth-order valence-corrected chi connectivity index (χ4v) is 1.24. The Morgan fingerprint density at radius 2 is 1.62 bits per heavy atom. The first kappa shape index (κ1) is 19.7. The Kier molecular flexibility index (Phi) is 10.5. The van der Waals surface area contributed by atoms with Gasteiger partial charge in [0.05, 0.1) is 11.7 Å². The van der Waals surface area contributed by atoms with E-state index in [-0.39, 0.29) is 57.8 Å². The fourth-order valence-electron chi connectivity index (χ4n) is 1.24. The van der Waals surface area contributed by atoms with Gasteiger partial charge in [0.15, 0.2) is 0 Å². The van der Waals surface area contributed by atoms with E-state index in [9.17, 15) is 23.2 Å². The number of halogens is 3. The van der Waals surface area contributed by atoms with Crippen molar-refractivity contribution < 1.29 is 74.5 Å². The third-order valence-corrected chi connectivity index (χ3v) is 2.32. The molecule has 7 heteroatoms. The third kappa shape index (κ3) is 11.9. The number of unbranched alkanes of at least 4 members (excludes halogenated alkanes) is 2. The van der Waals surface area contributed by atoms with Gasteiger partial charge in [-0.25, -0.2) is 0 Å². The van der Waals surface area contributed by atoms with Crippen LogP contribution in [0.2, 0.25) is 6.32 Å². The van der Waals surface area contributed by atoms with E-state index in [1.807, 2.05) is 0 Å². The van der Waals surface area contributed by atoms with Gasteiger partial charge in [-0.05, 0) is 20.3 Å². The molecule has 0 heterocycles. The van der Waals surface area contributed by atoms with Crippen molar-refractivity contribution in [3.8, 4) is 0 Å². The Bertz CT molecular complexity index is 183. The van der Waals surface area contributed by atoms with Gasteiger partial charge in [0.2, 0.25) is 0 Å². The fraction of sp³-hybridized carbons (Fsp3) is 1.00. The molecule has 0 rings (SSSR count). The largest absolute Gasteiger partial charge is 1.00 e. The molecule has 1 unspecified atom stereocenters. The van der Waals surface area contributed by atoms with Crippen molar-refractivity contribution in [3.63, 3.8) is 0 Å². The molecule has 0 amide bonds. The van der Waals surface area contributed by atoms with Crippen molar-refractivity contribution in [2.24, 2.45) is 0 Å². The molecule has 0 radical (unpaired) electrons. The van der Waals surface area contributed by atoms with Crippen LogP contribution >= 0.6 is 0 Å². The van der Waals surface area contributed by atoms with Crippen LogP contribution in [-0.2, 0) is 0 Å². The summed E-state index contributed by atoms with van der Waals surface area (Å²) >= 11 is 0. The monoisotopic (exact) mass is 266 g/mol. The second-order valence-corrected chi connectivity index (χ2v) is 4.52. The number of hydrogen-bond donors (Lipinski definition) is 2. The summed E-state index contributed by atoms with van der Waals surface area (Å²) < 4.78 is 35.4. The molecule has 0 aliphatic carbocycles. The van der Waals surface area contributed by atoms with E-state index >= 15 is 0 Å². The summed E-state index contributed by atoms with van der Waals surface area (Å²) in [5.74, 6) is 0. The zero-order valence-electron chi connectivity index (χ0n) is 10.2. The van der Waals surface area contributed by atoms with E-state index in [4.69, 9.17) is 0 Å². The first-order valence-electron chi connectivity index (χ1n) is 5.24. The van der Waals surface area contributed by atoms with Crippen molar-refractivity contribution in [2.75, 3.05) is 0 Å². The third-order valence-electron chi connectivity index (χ3n) is 2.32. The quantitative estimate of drug-likeness (QED) is 0.483. The molecule has 0 saturated carbocycles. The van der Waals surface area contributed by atoms with Crippen LogP contribution in [0.5, 0.6) is 0 Å². The molecular formula is C9H19BF3KO2. The van der Waals surface area contributed by atoms with Crippen LogP contribution in [0.25, 0.3) is 0 Å². The number of rotatable bonds is 7. The predicted molar refractivity (Wildman–Crippen MR) is 54.7 cm³/mol. The molecular weight excluding hydrogens is 247 g/mol. The van der Waals surface area contributed by atoms with Crippen LogP contribution in [0.1, 0.15) is 39.5 Å². The van der Waals surface area contributed by atoms with Gasteiger partial charge < -0.3 is 23.2 Å². The standard InChI is InChI=1S/C9H19BF3O2.K/c1-9(2,15)8(14)6-4-3-5-7-10(11,12)13;/h8,14-15H,3-7H2,1-2H3;/q-1;+1. The molecule has 0 fully saturated rings. The Morgan fingerprint density at radius 1 is 1.12 bits per heavy atom. The van der Waals surface area contributed by atoms with Gasteiger partial charge in [-0.2, -0.15) is 0 Å². The van der Waals surface area contributed by atoms with E-state index in [0.29, 0.717) is 19.3 Å². The van der Waals surface area contributed by atoms with Crippen LogP contribution in [0, 0.1) is 0 Å². The van der Waals surface area contributed by atoms with Crippen LogP contribution in [-0.4, -0.2) is 28.9 Å². The number of hydrogen-bond acceptors (Lipinski definition) is 2. The zero-order valence-corrected chi connectivity index (χ0v) is 13.3. The molecule has 0 aromatic carbocycles. The van der Waals surface area contributed by atoms with Gasteiger partial charge in [0.1, 0.15) is 0 Å². The first-order chi connectivity index (χ1) is 6.63. The smallest absolute Gasteiger partial charge is 0.449 e. The molecule has 0 aromatic heterocycles. The van der Waals surface area contributed by atoms with Gasteiger partial charge in [-0.3, -0.25) is 0 Å². The van der Waals surface area contributed by atoms with Crippen molar-refractivity contribution in [2.45, 2.75) is 57.6 Å². The predicted octanol–water partition coefficient (Wildman–Crippen LogP) is -0.470. The molecule has 0 aromatic rings. The molecule has 1 atom stereocenters. The van der Waals surface area contributed by atoms with Crippen molar-refractivity contribution in [3.05, 3.63) is 0 Å². The van der Waals surface area contributed by atoms with E-state index in [2.05, 4.69) is 0 Å². The van der Waals surface area contributed by atoms with E-state index in [0.717, 1.165) is 0 Å². The molecule has 0 saturated heterocycles. The normalized spacial score (nSPS) is 14.4. The second kappa shape index (κ2) is 8.50. The molecule has 0 bridgehead atoms. The molecule has 2 N–H and O–H groups in total. The summed E-state index contributed by atoms with van der Waals surface area (Å²) in [6.07, 6.45) is -0.172. The number of aliphatic hydroxyl groups is 2. The summed E-state index contributed by atoms with van der Waals surface area (Å²) in [5, 5.41) is 18.7. The van der Waals surface area contributed by atoms with Crippen molar-refractivity contribution in [1.82, 2.24) is 0 Å². The minimum absolute atomic E-state index is 0. The molecule has 0 aliphatic heterocycles. The average molecular weight is 266 g/mol. The Hall–Kier alpha value is 1.41. The molecule has 16 heavy (non-hydrogen) atoms. The molecule has 92 valence electrons. The van der Waals surface area contributed by atoms with Crippen molar-refractivity contribution in [1.29, 1.82) is 0 Å². The summed E-state index contributed by atoms with van der Waals surface area (Å²) in [7, 11) is 0. The van der Waals surface area contributed by atoms with E-state index in [1.54, 1.807) is 0 Å². The van der Waals surface area contributed by atoms with E-state index < -0.39 is 25.0 Å². The summed E-state index contributed by atoms with van der Waals surface area (Å²) in [5.41, 5.74) is -1.17. The second-order valence-electron chi connectivity index (χ2n) is 4.52. The Labute approximate surface area is 137 Å². The maximum Gasteiger partial charge on any atom is 1.00 e. The maximum absolute atomic E-state index is 11.8. The summed E-state index contributed by atoms with van der Waals surface area (Å²) in [6.45, 7) is -1.71. The van der Waals surface area contributed by atoms with Gasteiger partial charge >= 0.3 is 58.4 Å². The molecule has 0 aliphatic rings. The van der Waals surface area contributed by atoms with Crippen LogP contribution in [0.15, 0.2) is 0 Å². The minimum atomic E-state index is -4.67. The van der Waals surface area contributed by atoms with Gasteiger partial charge in [0.25, 0.3) is 0 Å². The Morgan fingerprint density at radius 3 is 2.00 bits per heavy atom.